The molecule has 100 valence electrons. The third-order valence-corrected chi connectivity index (χ3v) is 3.70. The molecule has 0 aliphatic heterocycles. The van der Waals surface area contributed by atoms with Gasteiger partial charge in [0, 0.05) is 10.1 Å². The van der Waals surface area contributed by atoms with Crippen LogP contribution in [0.4, 0.5) is 0 Å². The Morgan fingerprint density at radius 1 is 1.11 bits per heavy atom. The Hall–Kier alpha value is -0.780. The molecule has 0 aromatic heterocycles. The fourth-order valence-corrected chi connectivity index (χ4v) is 2.33. The first-order valence-corrected chi connectivity index (χ1v) is 7.45. The molecule has 0 saturated heterocycles. The van der Waals surface area contributed by atoms with Crippen LogP contribution in [0.1, 0.15) is 11.1 Å². The van der Waals surface area contributed by atoms with Gasteiger partial charge in [-0.25, -0.2) is 0 Å². The van der Waals surface area contributed by atoms with Crippen molar-refractivity contribution in [1.82, 2.24) is 5.32 Å². The van der Waals surface area contributed by atoms with E-state index in [0.717, 1.165) is 23.4 Å². The highest BCUT2D eigenvalue weighted by molar-refractivity contribution is 14.1. The zero-order valence-electron chi connectivity index (χ0n) is 10.6. The lowest BCUT2D eigenvalue weighted by Gasteiger charge is -2.09. The lowest BCUT2D eigenvalue weighted by Crippen LogP contribution is -2.05. The fourth-order valence-electron chi connectivity index (χ4n) is 1.72. The van der Waals surface area contributed by atoms with Gasteiger partial charge in [-0.3, -0.25) is 0 Å². The SMILES string of the molecule is CNCc1ccc(OCc2ccc(I)cc2)c(Cl)c1. The Morgan fingerprint density at radius 2 is 1.79 bits per heavy atom. The molecule has 2 aromatic carbocycles. The summed E-state index contributed by atoms with van der Waals surface area (Å²) in [5, 5.41) is 3.74. The van der Waals surface area contributed by atoms with E-state index in [1.165, 1.54) is 3.57 Å². The molecule has 0 bridgehead atoms. The molecule has 1 N–H and O–H groups in total. The zero-order chi connectivity index (χ0) is 13.7. The summed E-state index contributed by atoms with van der Waals surface area (Å²) in [6.07, 6.45) is 0. The number of benzene rings is 2. The number of rotatable bonds is 5. The molecule has 0 spiro atoms. The van der Waals surface area contributed by atoms with Crippen molar-refractivity contribution in [3.63, 3.8) is 0 Å². The number of ether oxygens (including phenoxy) is 1. The molecule has 4 heteroatoms. The Labute approximate surface area is 132 Å². The molecule has 0 unspecified atom stereocenters. The van der Waals surface area contributed by atoms with E-state index in [0.29, 0.717) is 11.6 Å². The Balaban J connectivity index is 2.01. The van der Waals surface area contributed by atoms with Crippen LogP contribution in [-0.2, 0) is 13.2 Å². The van der Waals surface area contributed by atoms with Crippen LogP contribution < -0.4 is 10.1 Å². The van der Waals surface area contributed by atoms with Crippen molar-refractivity contribution in [2.75, 3.05) is 7.05 Å². The predicted molar refractivity (Wildman–Crippen MR) is 87.7 cm³/mol. The van der Waals surface area contributed by atoms with E-state index in [-0.39, 0.29) is 0 Å². The third kappa shape index (κ3) is 4.37. The molecule has 0 atom stereocenters. The number of nitrogens with one attached hydrogen (secondary N) is 1. The van der Waals surface area contributed by atoms with E-state index in [9.17, 15) is 0 Å². The minimum Gasteiger partial charge on any atom is -0.487 e. The molecule has 2 aromatic rings. The minimum atomic E-state index is 0.530. The normalized spacial score (nSPS) is 10.5. The Bertz CT molecular complexity index is 542. The fraction of sp³-hybridized carbons (Fsp3) is 0.200. The summed E-state index contributed by atoms with van der Waals surface area (Å²) >= 11 is 8.49. The van der Waals surface area contributed by atoms with Crippen LogP contribution in [0, 0.1) is 3.57 Å². The smallest absolute Gasteiger partial charge is 0.138 e. The van der Waals surface area contributed by atoms with Crippen molar-refractivity contribution < 1.29 is 4.74 Å². The van der Waals surface area contributed by atoms with Crippen LogP contribution >= 0.6 is 34.2 Å². The molecule has 0 saturated carbocycles. The molecule has 0 amide bonds. The first-order chi connectivity index (χ1) is 9.19. The lowest BCUT2D eigenvalue weighted by atomic mass is 10.2. The number of hydrogen-bond donors (Lipinski definition) is 1. The standard InChI is InChI=1S/C15H15ClINO/c1-18-9-12-4-7-15(14(16)8-12)19-10-11-2-5-13(17)6-3-11/h2-8,18H,9-10H2,1H3. The first kappa shape index (κ1) is 14.6. The van der Waals surface area contributed by atoms with Gasteiger partial charge in [0.2, 0.25) is 0 Å². The van der Waals surface area contributed by atoms with Gasteiger partial charge in [-0.1, -0.05) is 29.8 Å². The van der Waals surface area contributed by atoms with E-state index >= 15 is 0 Å². The second kappa shape index (κ2) is 7.12. The van der Waals surface area contributed by atoms with Crippen molar-refractivity contribution >= 4 is 34.2 Å². The van der Waals surface area contributed by atoms with Crippen LogP contribution in [0.15, 0.2) is 42.5 Å². The molecule has 0 fully saturated rings. The van der Waals surface area contributed by atoms with Gasteiger partial charge in [0.25, 0.3) is 0 Å². The molecule has 0 radical (unpaired) electrons. The highest BCUT2D eigenvalue weighted by Gasteiger charge is 2.03. The Morgan fingerprint density at radius 3 is 2.42 bits per heavy atom. The number of halogens is 2. The molecule has 2 rings (SSSR count). The van der Waals surface area contributed by atoms with Crippen LogP contribution in [0.3, 0.4) is 0 Å². The maximum absolute atomic E-state index is 6.20. The van der Waals surface area contributed by atoms with Crippen molar-refractivity contribution in [2.45, 2.75) is 13.2 Å². The van der Waals surface area contributed by atoms with E-state index in [4.69, 9.17) is 16.3 Å². The van der Waals surface area contributed by atoms with E-state index < -0.39 is 0 Å². The lowest BCUT2D eigenvalue weighted by molar-refractivity contribution is 0.306. The minimum absolute atomic E-state index is 0.530. The van der Waals surface area contributed by atoms with Crippen molar-refractivity contribution in [3.8, 4) is 5.75 Å². The summed E-state index contributed by atoms with van der Waals surface area (Å²) in [7, 11) is 1.91. The zero-order valence-corrected chi connectivity index (χ0v) is 13.5. The van der Waals surface area contributed by atoms with Crippen LogP contribution in [0.2, 0.25) is 5.02 Å². The molecular formula is C15H15ClINO. The molecule has 0 aliphatic carbocycles. The predicted octanol–water partition coefficient (Wildman–Crippen LogP) is 4.24. The average Bonchev–Trinajstić information content (AvgIpc) is 2.40. The summed E-state index contributed by atoms with van der Waals surface area (Å²) in [6.45, 7) is 1.33. The first-order valence-electron chi connectivity index (χ1n) is 5.99. The van der Waals surface area contributed by atoms with Gasteiger partial charge in [-0.05, 0) is 65.0 Å². The largest absolute Gasteiger partial charge is 0.487 e. The molecule has 2 nitrogen and oxygen atoms in total. The topological polar surface area (TPSA) is 21.3 Å². The highest BCUT2D eigenvalue weighted by atomic mass is 127. The monoisotopic (exact) mass is 387 g/mol. The van der Waals surface area contributed by atoms with Crippen LogP contribution in [-0.4, -0.2) is 7.05 Å². The van der Waals surface area contributed by atoms with E-state index in [1.807, 2.05) is 25.2 Å². The van der Waals surface area contributed by atoms with E-state index in [2.05, 4.69) is 52.2 Å². The van der Waals surface area contributed by atoms with E-state index in [1.54, 1.807) is 0 Å². The highest BCUT2D eigenvalue weighted by Crippen LogP contribution is 2.26. The van der Waals surface area contributed by atoms with Crippen LogP contribution in [0.5, 0.6) is 5.75 Å². The second-order valence-electron chi connectivity index (χ2n) is 4.21. The van der Waals surface area contributed by atoms with Gasteiger partial charge >= 0.3 is 0 Å². The van der Waals surface area contributed by atoms with Crippen molar-refractivity contribution in [3.05, 3.63) is 62.2 Å². The van der Waals surface area contributed by atoms with Gasteiger partial charge in [0.1, 0.15) is 12.4 Å². The average molecular weight is 388 g/mol. The van der Waals surface area contributed by atoms with Crippen molar-refractivity contribution in [2.24, 2.45) is 0 Å². The molecule has 19 heavy (non-hydrogen) atoms. The number of hydrogen-bond acceptors (Lipinski definition) is 2. The van der Waals surface area contributed by atoms with Crippen LogP contribution in [0.25, 0.3) is 0 Å². The molecule has 0 heterocycles. The molecular weight excluding hydrogens is 373 g/mol. The third-order valence-electron chi connectivity index (χ3n) is 2.68. The summed E-state index contributed by atoms with van der Waals surface area (Å²) in [4.78, 5) is 0. The summed E-state index contributed by atoms with van der Waals surface area (Å²) in [5.41, 5.74) is 2.28. The Kier molecular flexibility index (Phi) is 5.48. The van der Waals surface area contributed by atoms with Gasteiger partial charge < -0.3 is 10.1 Å². The van der Waals surface area contributed by atoms with Gasteiger partial charge in [-0.2, -0.15) is 0 Å². The van der Waals surface area contributed by atoms with Gasteiger partial charge in [-0.15, -0.1) is 0 Å². The summed E-state index contributed by atoms with van der Waals surface area (Å²) in [5.74, 6) is 0.722. The summed E-state index contributed by atoms with van der Waals surface area (Å²) < 4.78 is 6.96. The van der Waals surface area contributed by atoms with Crippen molar-refractivity contribution in [1.29, 1.82) is 0 Å². The molecule has 0 aliphatic rings. The summed E-state index contributed by atoms with van der Waals surface area (Å²) in [6, 6.07) is 14.1. The van der Waals surface area contributed by atoms with Gasteiger partial charge in [0.05, 0.1) is 5.02 Å². The van der Waals surface area contributed by atoms with Gasteiger partial charge in [0.15, 0.2) is 0 Å². The maximum Gasteiger partial charge on any atom is 0.138 e. The quantitative estimate of drug-likeness (QED) is 0.775. The maximum atomic E-state index is 6.20. The second-order valence-corrected chi connectivity index (χ2v) is 5.86.